The van der Waals surface area contributed by atoms with Crippen LogP contribution in [0.4, 0.5) is 0 Å². The van der Waals surface area contributed by atoms with E-state index < -0.39 is 0 Å². The van der Waals surface area contributed by atoms with E-state index in [9.17, 15) is 4.79 Å². The molecule has 0 bridgehead atoms. The van der Waals surface area contributed by atoms with Crippen LogP contribution in [0.5, 0.6) is 0 Å². The highest BCUT2D eigenvalue weighted by molar-refractivity contribution is 5.96. The van der Waals surface area contributed by atoms with Crippen LogP contribution < -0.4 is 0 Å². The molecule has 0 aromatic carbocycles. The van der Waals surface area contributed by atoms with Crippen LogP contribution in [-0.4, -0.2) is 48.2 Å². The van der Waals surface area contributed by atoms with Gasteiger partial charge in [0.25, 0.3) is 5.91 Å². The van der Waals surface area contributed by atoms with Crippen LogP contribution in [0.3, 0.4) is 0 Å². The van der Waals surface area contributed by atoms with Gasteiger partial charge in [-0.3, -0.25) is 9.48 Å². The van der Waals surface area contributed by atoms with Gasteiger partial charge in [0.2, 0.25) is 0 Å². The van der Waals surface area contributed by atoms with Crippen LogP contribution in [0.1, 0.15) is 29.6 Å². The molecule has 25 heavy (non-hydrogen) atoms. The monoisotopic (exact) mass is 338 g/mol. The summed E-state index contributed by atoms with van der Waals surface area (Å²) in [5.41, 5.74) is 2.19. The van der Waals surface area contributed by atoms with Crippen molar-refractivity contribution in [3.05, 3.63) is 42.6 Å². The summed E-state index contributed by atoms with van der Waals surface area (Å²) in [6.45, 7) is 2.57. The molecular weight excluding hydrogens is 316 g/mol. The molecule has 1 aliphatic rings. The third-order valence-corrected chi connectivity index (χ3v) is 5.03. The number of amides is 1. The number of carbonyl (C=O) groups excluding carboxylic acids is 1. The first kappa shape index (κ1) is 15.8. The number of likely N-dealkylation sites (tertiary alicyclic amines) is 1. The number of carbonyl (C=O) groups is 1. The van der Waals surface area contributed by atoms with E-state index in [1.165, 1.54) is 0 Å². The lowest BCUT2D eigenvalue weighted by molar-refractivity contribution is 0.0684. The van der Waals surface area contributed by atoms with Crippen LogP contribution in [0, 0.1) is 5.92 Å². The van der Waals surface area contributed by atoms with Crippen molar-refractivity contribution < 1.29 is 4.79 Å². The van der Waals surface area contributed by atoms with Crippen molar-refractivity contribution in [1.29, 1.82) is 0 Å². The van der Waals surface area contributed by atoms with E-state index >= 15 is 0 Å². The van der Waals surface area contributed by atoms with Crippen LogP contribution in [0.2, 0.25) is 0 Å². The topological polar surface area (TPSA) is 68.8 Å². The number of fused-ring (bicyclic) bond motifs is 1. The predicted octanol–water partition coefficient (Wildman–Crippen LogP) is 2.11. The second-order valence-corrected chi connectivity index (χ2v) is 6.72. The average molecular weight is 338 g/mol. The Morgan fingerprint density at radius 1 is 1.28 bits per heavy atom. The number of aromatic nitrogens is 5. The van der Waals surface area contributed by atoms with Gasteiger partial charge in [0.15, 0.2) is 5.65 Å². The number of aryl methyl sites for hydroxylation is 2. The van der Waals surface area contributed by atoms with Crippen molar-refractivity contribution in [1.82, 2.24) is 29.2 Å². The molecule has 0 atom stereocenters. The van der Waals surface area contributed by atoms with Gasteiger partial charge >= 0.3 is 0 Å². The Morgan fingerprint density at radius 3 is 2.88 bits per heavy atom. The first-order valence-corrected chi connectivity index (χ1v) is 8.74. The molecule has 1 fully saturated rings. The first-order chi connectivity index (χ1) is 12.2. The highest BCUT2D eigenvalue weighted by Gasteiger charge is 2.24. The minimum Gasteiger partial charge on any atom is -0.339 e. The second-order valence-electron chi connectivity index (χ2n) is 6.72. The summed E-state index contributed by atoms with van der Waals surface area (Å²) < 4.78 is 3.83. The largest absolute Gasteiger partial charge is 0.339 e. The van der Waals surface area contributed by atoms with E-state index in [1.54, 1.807) is 12.5 Å². The molecule has 7 heteroatoms. The zero-order valence-corrected chi connectivity index (χ0v) is 14.4. The fraction of sp³-hybridized carbons (Fsp3) is 0.444. The number of pyridine rings is 1. The van der Waals surface area contributed by atoms with Crippen molar-refractivity contribution in [2.45, 2.75) is 25.8 Å². The number of hydrogen-bond donors (Lipinski definition) is 0. The lowest BCUT2D eigenvalue weighted by Gasteiger charge is -2.32. The SMILES string of the molecule is Cn1cnc2cc(C(=O)N3CCC(CCn4cccn4)CC3)cnc21. The minimum absolute atomic E-state index is 0.0607. The highest BCUT2D eigenvalue weighted by Crippen LogP contribution is 2.23. The summed E-state index contributed by atoms with van der Waals surface area (Å²) in [4.78, 5) is 23.3. The number of imidazole rings is 1. The zero-order chi connectivity index (χ0) is 17.2. The van der Waals surface area contributed by atoms with Gasteiger partial charge in [0.1, 0.15) is 5.52 Å². The smallest absolute Gasteiger partial charge is 0.255 e. The fourth-order valence-corrected chi connectivity index (χ4v) is 3.49. The number of rotatable bonds is 4. The Hall–Kier alpha value is -2.70. The van der Waals surface area contributed by atoms with Gasteiger partial charge in [-0.2, -0.15) is 5.10 Å². The molecule has 0 saturated carbocycles. The summed E-state index contributed by atoms with van der Waals surface area (Å²) >= 11 is 0. The molecule has 3 aromatic heterocycles. The molecule has 4 heterocycles. The van der Waals surface area contributed by atoms with Gasteiger partial charge in [0.05, 0.1) is 11.9 Å². The lowest BCUT2D eigenvalue weighted by Crippen LogP contribution is -2.38. The summed E-state index contributed by atoms with van der Waals surface area (Å²) in [7, 11) is 1.90. The van der Waals surface area contributed by atoms with E-state index in [4.69, 9.17) is 0 Å². The van der Waals surface area contributed by atoms with E-state index in [-0.39, 0.29) is 5.91 Å². The van der Waals surface area contributed by atoms with Gasteiger partial charge in [-0.25, -0.2) is 9.97 Å². The Balaban J connectivity index is 1.35. The predicted molar refractivity (Wildman–Crippen MR) is 94.0 cm³/mol. The van der Waals surface area contributed by atoms with Gasteiger partial charge in [-0.1, -0.05) is 0 Å². The van der Waals surface area contributed by atoms with E-state index in [1.807, 2.05) is 45.7 Å². The van der Waals surface area contributed by atoms with Crippen molar-refractivity contribution in [2.75, 3.05) is 13.1 Å². The standard InChI is InChI=1S/C18H22N6O/c1-22-13-20-16-11-15(12-19-17(16)22)18(25)23-8-3-14(4-9-23)5-10-24-7-2-6-21-24/h2,6-7,11-14H,3-5,8-10H2,1H3. The maximum atomic E-state index is 12.7. The molecule has 7 nitrogen and oxygen atoms in total. The molecule has 130 valence electrons. The Bertz CT molecular complexity index is 861. The quantitative estimate of drug-likeness (QED) is 0.730. The third-order valence-electron chi connectivity index (χ3n) is 5.03. The summed E-state index contributed by atoms with van der Waals surface area (Å²) in [6, 6.07) is 3.79. The fourth-order valence-electron chi connectivity index (χ4n) is 3.49. The van der Waals surface area contributed by atoms with Crippen LogP contribution in [0.15, 0.2) is 37.1 Å². The molecule has 1 saturated heterocycles. The summed E-state index contributed by atoms with van der Waals surface area (Å²) in [5, 5.41) is 4.25. The molecule has 0 aliphatic carbocycles. The summed E-state index contributed by atoms with van der Waals surface area (Å²) in [6.07, 6.45) is 10.4. The average Bonchev–Trinajstić information content (AvgIpc) is 3.30. The second kappa shape index (κ2) is 6.66. The maximum Gasteiger partial charge on any atom is 0.255 e. The molecule has 0 unspecified atom stereocenters. The Labute approximate surface area is 146 Å². The molecule has 4 rings (SSSR count). The van der Waals surface area contributed by atoms with Crippen molar-refractivity contribution in [2.24, 2.45) is 13.0 Å². The van der Waals surface area contributed by atoms with E-state index in [0.717, 1.165) is 50.1 Å². The van der Waals surface area contributed by atoms with Crippen LogP contribution in [-0.2, 0) is 13.6 Å². The summed E-state index contributed by atoms with van der Waals surface area (Å²) in [5.74, 6) is 0.718. The lowest BCUT2D eigenvalue weighted by atomic mass is 9.93. The minimum atomic E-state index is 0.0607. The Kier molecular flexibility index (Phi) is 4.21. The molecular formula is C18H22N6O. The van der Waals surface area contributed by atoms with Gasteiger partial charge in [-0.05, 0) is 37.3 Å². The number of piperidine rings is 1. The van der Waals surface area contributed by atoms with E-state index in [2.05, 4.69) is 15.1 Å². The van der Waals surface area contributed by atoms with Crippen LogP contribution in [0.25, 0.3) is 11.2 Å². The van der Waals surface area contributed by atoms with Gasteiger partial charge < -0.3 is 9.47 Å². The maximum absolute atomic E-state index is 12.7. The van der Waals surface area contributed by atoms with Gasteiger partial charge in [-0.15, -0.1) is 0 Å². The molecule has 1 amide bonds. The normalized spacial score (nSPS) is 15.8. The van der Waals surface area contributed by atoms with Crippen molar-refractivity contribution in [3.8, 4) is 0 Å². The zero-order valence-electron chi connectivity index (χ0n) is 14.4. The van der Waals surface area contributed by atoms with Crippen LogP contribution >= 0.6 is 0 Å². The first-order valence-electron chi connectivity index (χ1n) is 8.74. The molecule has 1 aliphatic heterocycles. The molecule has 0 radical (unpaired) electrons. The van der Waals surface area contributed by atoms with Crippen molar-refractivity contribution >= 4 is 17.1 Å². The molecule has 0 N–H and O–H groups in total. The molecule has 0 spiro atoms. The van der Waals surface area contributed by atoms with E-state index in [0.29, 0.717) is 11.5 Å². The van der Waals surface area contributed by atoms with Gasteiger partial charge in [0, 0.05) is 45.3 Å². The van der Waals surface area contributed by atoms with Crippen molar-refractivity contribution in [3.63, 3.8) is 0 Å². The third kappa shape index (κ3) is 3.26. The highest BCUT2D eigenvalue weighted by atomic mass is 16.2. The Morgan fingerprint density at radius 2 is 2.12 bits per heavy atom. The number of nitrogens with zero attached hydrogens (tertiary/aromatic N) is 6. The number of hydrogen-bond acceptors (Lipinski definition) is 4. The molecule has 3 aromatic rings.